The number of rotatable bonds is 3. The van der Waals surface area contributed by atoms with Gasteiger partial charge in [0.15, 0.2) is 0 Å². The molecule has 0 unspecified atom stereocenters. The normalized spacial score (nSPS) is 10.2. The molecule has 0 aliphatic heterocycles. The fourth-order valence-electron chi connectivity index (χ4n) is 2.39. The predicted molar refractivity (Wildman–Crippen MR) is 83.5 cm³/mol. The molecule has 0 spiro atoms. The molecule has 0 bridgehead atoms. The SMILES string of the molecule is Cc1cccc(C)c1C(=O)OC(=O)c1c(C)cccc1[N+](=O)[O-]. The number of carbonyl (C=O) groups is 2. The van der Waals surface area contributed by atoms with E-state index in [9.17, 15) is 19.7 Å². The molecule has 0 aliphatic rings. The molecular formula is C17H15NO5. The number of hydrogen-bond donors (Lipinski definition) is 0. The monoisotopic (exact) mass is 313 g/mol. The van der Waals surface area contributed by atoms with E-state index < -0.39 is 16.9 Å². The van der Waals surface area contributed by atoms with Gasteiger partial charge < -0.3 is 4.74 Å². The van der Waals surface area contributed by atoms with Crippen LogP contribution in [0.25, 0.3) is 0 Å². The highest BCUT2D eigenvalue weighted by Crippen LogP contribution is 2.24. The molecule has 23 heavy (non-hydrogen) atoms. The highest BCUT2D eigenvalue weighted by Gasteiger charge is 2.26. The standard InChI is InChI=1S/C17H15NO5/c1-10-6-4-7-11(2)14(10)16(19)23-17(20)15-12(3)8-5-9-13(15)18(21)22/h4-9H,1-3H3. The Morgan fingerprint density at radius 2 is 1.30 bits per heavy atom. The maximum absolute atomic E-state index is 12.2. The third-order valence-corrected chi connectivity index (χ3v) is 3.52. The van der Waals surface area contributed by atoms with Gasteiger partial charge in [-0.15, -0.1) is 0 Å². The van der Waals surface area contributed by atoms with Crippen molar-refractivity contribution in [2.75, 3.05) is 0 Å². The van der Waals surface area contributed by atoms with E-state index in [0.717, 1.165) is 0 Å². The molecule has 0 N–H and O–H groups in total. The fraction of sp³-hybridized carbons (Fsp3) is 0.176. The summed E-state index contributed by atoms with van der Waals surface area (Å²) in [7, 11) is 0. The van der Waals surface area contributed by atoms with Gasteiger partial charge in [-0.1, -0.05) is 30.3 Å². The molecular weight excluding hydrogens is 298 g/mol. The number of esters is 2. The third-order valence-electron chi connectivity index (χ3n) is 3.52. The van der Waals surface area contributed by atoms with Gasteiger partial charge in [-0.25, -0.2) is 9.59 Å². The third kappa shape index (κ3) is 3.26. The minimum atomic E-state index is -1.03. The molecule has 0 aromatic heterocycles. The zero-order valence-corrected chi connectivity index (χ0v) is 13.0. The van der Waals surface area contributed by atoms with Crippen molar-refractivity contribution >= 4 is 17.6 Å². The van der Waals surface area contributed by atoms with Crippen molar-refractivity contribution in [3.05, 3.63) is 74.3 Å². The number of nitro benzene ring substituents is 1. The van der Waals surface area contributed by atoms with Gasteiger partial charge in [0, 0.05) is 6.07 Å². The number of ether oxygens (including phenoxy) is 1. The topological polar surface area (TPSA) is 86.5 Å². The highest BCUT2D eigenvalue weighted by atomic mass is 16.6. The van der Waals surface area contributed by atoms with Crippen LogP contribution in [-0.4, -0.2) is 16.9 Å². The summed E-state index contributed by atoms with van der Waals surface area (Å²) < 4.78 is 4.87. The molecule has 0 amide bonds. The Hall–Kier alpha value is -3.02. The van der Waals surface area contributed by atoms with Crippen LogP contribution in [0.3, 0.4) is 0 Å². The maximum Gasteiger partial charge on any atom is 0.353 e. The van der Waals surface area contributed by atoms with E-state index in [-0.39, 0.29) is 16.8 Å². The zero-order valence-electron chi connectivity index (χ0n) is 13.0. The number of benzene rings is 2. The van der Waals surface area contributed by atoms with Crippen LogP contribution in [0, 0.1) is 30.9 Å². The molecule has 0 aliphatic carbocycles. The lowest BCUT2D eigenvalue weighted by Crippen LogP contribution is -2.17. The van der Waals surface area contributed by atoms with Crippen molar-refractivity contribution in [3.8, 4) is 0 Å². The van der Waals surface area contributed by atoms with E-state index in [1.165, 1.54) is 12.1 Å². The number of aryl methyl sites for hydroxylation is 3. The molecule has 0 atom stereocenters. The minimum absolute atomic E-state index is 0.211. The van der Waals surface area contributed by atoms with Gasteiger partial charge >= 0.3 is 11.9 Å². The maximum atomic E-state index is 12.2. The molecule has 118 valence electrons. The van der Waals surface area contributed by atoms with E-state index in [1.807, 2.05) is 0 Å². The molecule has 0 radical (unpaired) electrons. The summed E-state index contributed by atoms with van der Waals surface area (Å²) in [6, 6.07) is 9.46. The molecule has 2 aromatic rings. The quantitative estimate of drug-likeness (QED) is 0.374. The molecule has 0 saturated carbocycles. The van der Waals surface area contributed by atoms with Crippen molar-refractivity contribution < 1.29 is 19.2 Å². The lowest BCUT2D eigenvalue weighted by molar-refractivity contribution is -0.385. The lowest BCUT2D eigenvalue weighted by Gasteiger charge is -2.09. The van der Waals surface area contributed by atoms with Crippen LogP contribution in [0.1, 0.15) is 37.4 Å². The first kappa shape index (κ1) is 16.4. The number of hydrogen-bond acceptors (Lipinski definition) is 5. The van der Waals surface area contributed by atoms with Crippen molar-refractivity contribution in [1.82, 2.24) is 0 Å². The predicted octanol–water partition coefficient (Wildman–Crippen LogP) is 3.52. The summed E-state index contributed by atoms with van der Waals surface area (Å²) in [6.45, 7) is 5.00. The highest BCUT2D eigenvalue weighted by molar-refractivity contribution is 6.06. The first-order valence-electron chi connectivity index (χ1n) is 6.89. The van der Waals surface area contributed by atoms with Crippen LogP contribution in [0.4, 0.5) is 5.69 Å². The summed E-state index contributed by atoms with van der Waals surface area (Å²) in [6.07, 6.45) is 0. The van der Waals surface area contributed by atoms with E-state index in [4.69, 9.17) is 4.74 Å². The second kappa shape index (κ2) is 6.39. The van der Waals surface area contributed by atoms with Crippen LogP contribution >= 0.6 is 0 Å². The zero-order chi connectivity index (χ0) is 17.1. The van der Waals surface area contributed by atoms with Crippen LogP contribution in [0.5, 0.6) is 0 Å². The molecule has 6 nitrogen and oxygen atoms in total. The number of nitro groups is 1. The summed E-state index contributed by atoms with van der Waals surface area (Å²) in [5.74, 6) is -1.84. The molecule has 2 rings (SSSR count). The Morgan fingerprint density at radius 3 is 1.83 bits per heavy atom. The largest absolute Gasteiger partial charge is 0.385 e. The van der Waals surface area contributed by atoms with Gasteiger partial charge in [-0.05, 0) is 37.5 Å². The first-order valence-corrected chi connectivity index (χ1v) is 6.89. The van der Waals surface area contributed by atoms with Crippen LogP contribution < -0.4 is 0 Å². The average molecular weight is 313 g/mol. The van der Waals surface area contributed by atoms with Gasteiger partial charge in [0.25, 0.3) is 5.69 Å². The minimum Gasteiger partial charge on any atom is -0.385 e. The van der Waals surface area contributed by atoms with Crippen molar-refractivity contribution in [3.63, 3.8) is 0 Å². The molecule has 2 aromatic carbocycles. The van der Waals surface area contributed by atoms with Crippen LogP contribution in [0.2, 0.25) is 0 Å². The van der Waals surface area contributed by atoms with Crippen molar-refractivity contribution in [1.29, 1.82) is 0 Å². The van der Waals surface area contributed by atoms with Gasteiger partial charge in [0.2, 0.25) is 0 Å². The Balaban J connectivity index is 2.37. The van der Waals surface area contributed by atoms with Crippen LogP contribution in [0.15, 0.2) is 36.4 Å². The second-order valence-electron chi connectivity index (χ2n) is 5.17. The van der Waals surface area contributed by atoms with E-state index >= 15 is 0 Å². The summed E-state index contributed by atoms with van der Waals surface area (Å²) in [4.78, 5) is 34.9. The first-order chi connectivity index (χ1) is 10.8. The summed E-state index contributed by atoms with van der Waals surface area (Å²) in [5.41, 5.74) is 1.40. The summed E-state index contributed by atoms with van der Waals surface area (Å²) in [5, 5.41) is 11.1. The van der Waals surface area contributed by atoms with Gasteiger partial charge in [-0.2, -0.15) is 0 Å². The molecule has 0 heterocycles. The van der Waals surface area contributed by atoms with Crippen molar-refractivity contribution in [2.24, 2.45) is 0 Å². The Kier molecular flexibility index (Phi) is 4.55. The molecule has 0 saturated heterocycles. The smallest absolute Gasteiger partial charge is 0.353 e. The Labute approximate surface area is 132 Å². The van der Waals surface area contributed by atoms with E-state index in [0.29, 0.717) is 16.7 Å². The van der Waals surface area contributed by atoms with Crippen molar-refractivity contribution in [2.45, 2.75) is 20.8 Å². The van der Waals surface area contributed by atoms with Gasteiger partial charge in [0.1, 0.15) is 5.56 Å². The lowest BCUT2D eigenvalue weighted by atomic mass is 10.0. The molecule has 0 fully saturated rings. The number of nitrogens with zero attached hydrogens (tertiary/aromatic N) is 1. The average Bonchev–Trinajstić information content (AvgIpc) is 2.46. The summed E-state index contributed by atoms with van der Waals surface area (Å²) >= 11 is 0. The van der Waals surface area contributed by atoms with E-state index in [1.54, 1.807) is 45.0 Å². The van der Waals surface area contributed by atoms with Crippen LogP contribution in [-0.2, 0) is 4.74 Å². The fourth-order valence-corrected chi connectivity index (χ4v) is 2.39. The van der Waals surface area contributed by atoms with Gasteiger partial charge in [-0.3, -0.25) is 10.1 Å². The molecule has 6 heteroatoms. The number of carbonyl (C=O) groups excluding carboxylic acids is 2. The van der Waals surface area contributed by atoms with E-state index in [2.05, 4.69) is 0 Å². The Bertz CT molecular complexity index is 790. The Morgan fingerprint density at radius 1 is 0.870 bits per heavy atom. The van der Waals surface area contributed by atoms with Gasteiger partial charge in [0.05, 0.1) is 10.5 Å². The second-order valence-corrected chi connectivity index (χ2v) is 5.17.